The van der Waals surface area contributed by atoms with Crippen molar-refractivity contribution in [3.05, 3.63) is 0 Å². The van der Waals surface area contributed by atoms with Gasteiger partial charge in [-0.15, -0.1) is 0 Å². The lowest BCUT2D eigenvalue weighted by atomic mass is 10.2. The summed E-state index contributed by atoms with van der Waals surface area (Å²) in [6.45, 7) is 3.73. The van der Waals surface area contributed by atoms with Gasteiger partial charge in [0.05, 0.1) is 12.7 Å². The molecule has 15 heavy (non-hydrogen) atoms. The molecular weight excluding hydrogens is 210 g/mol. The first-order valence-electron chi connectivity index (χ1n) is 5.78. The van der Waals surface area contributed by atoms with Crippen LogP contribution in [0.4, 0.5) is 0 Å². The molecule has 1 rings (SSSR count). The molecule has 1 fully saturated rings. The van der Waals surface area contributed by atoms with Crippen molar-refractivity contribution >= 4 is 11.8 Å². The summed E-state index contributed by atoms with van der Waals surface area (Å²) < 4.78 is 5.16. The molecule has 0 radical (unpaired) electrons. The van der Waals surface area contributed by atoms with Crippen LogP contribution in [0.5, 0.6) is 0 Å². The van der Waals surface area contributed by atoms with E-state index in [1.165, 1.54) is 19.3 Å². The van der Waals surface area contributed by atoms with E-state index in [0.29, 0.717) is 25.8 Å². The van der Waals surface area contributed by atoms with Gasteiger partial charge in [0.25, 0.3) is 0 Å². The van der Waals surface area contributed by atoms with Crippen LogP contribution in [-0.2, 0) is 4.74 Å². The summed E-state index contributed by atoms with van der Waals surface area (Å²) in [4.78, 5) is 0. The van der Waals surface area contributed by atoms with Gasteiger partial charge >= 0.3 is 0 Å². The van der Waals surface area contributed by atoms with Gasteiger partial charge in [-0.25, -0.2) is 0 Å². The maximum atomic E-state index is 9.57. The van der Waals surface area contributed by atoms with Crippen LogP contribution in [0.3, 0.4) is 0 Å². The summed E-state index contributed by atoms with van der Waals surface area (Å²) in [5.41, 5.74) is 0. The van der Waals surface area contributed by atoms with E-state index in [4.69, 9.17) is 4.74 Å². The van der Waals surface area contributed by atoms with Crippen LogP contribution in [-0.4, -0.2) is 48.5 Å². The SMILES string of the molecule is CCOCC(O)CNC1CCC(SC)C1. The Hall–Kier alpha value is 0.230. The number of aliphatic hydroxyl groups is 1. The molecule has 1 aliphatic carbocycles. The van der Waals surface area contributed by atoms with Gasteiger partial charge in [0.15, 0.2) is 0 Å². The molecule has 1 saturated carbocycles. The summed E-state index contributed by atoms with van der Waals surface area (Å²) >= 11 is 1.96. The van der Waals surface area contributed by atoms with Gasteiger partial charge in [-0.05, 0) is 32.4 Å². The van der Waals surface area contributed by atoms with Gasteiger partial charge in [-0.2, -0.15) is 11.8 Å². The van der Waals surface area contributed by atoms with E-state index in [9.17, 15) is 5.11 Å². The third-order valence-electron chi connectivity index (χ3n) is 2.87. The first-order valence-corrected chi connectivity index (χ1v) is 7.07. The topological polar surface area (TPSA) is 41.5 Å². The minimum absolute atomic E-state index is 0.363. The fraction of sp³-hybridized carbons (Fsp3) is 1.00. The first-order chi connectivity index (χ1) is 7.26. The third kappa shape index (κ3) is 5.20. The highest BCUT2D eigenvalue weighted by Gasteiger charge is 2.23. The fourth-order valence-corrected chi connectivity index (χ4v) is 2.75. The monoisotopic (exact) mass is 233 g/mol. The van der Waals surface area contributed by atoms with Crippen molar-refractivity contribution in [1.29, 1.82) is 0 Å². The molecule has 2 N–H and O–H groups in total. The molecule has 0 saturated heterocycles. The Kier molecular flexibility index (Phi) is 6.64. The maximum absolute atomic E-state index is 9.57. The molecule has 0 aromatic carbocycles. The first kappa shape index (κ1) is 13.3. The lowest BCUT2D eigenvalue weighted by Crippen LogP contribution is -2.36. The van der Waals surface area contributed by atoms with E-state index in [2.05, 4.69) is 11.6 Å². The van der Waals surface area contributed by atoms with E-state index < -0.39 is 0 Å². The van der Waals surface area contributed by atoms with E-state index >= 15 is 0 Å². The van der Waals surface area contributed by atoms with Crippen molar-refractivity contribution in [2.45, 2.75) is 43.6 Å². The molecule has 0 aliphatic heterocycles. The van der Waals surface area contributed by atoms with E-state index in [1.54, 1.807) is 0 Å². The van der Waals surface area contributed by atoms with Gasteiger partial charge in [-0.3, -0.25) is 0 Å². The molecule has 0 aromatic rings. The predicted octanol–water partition coefficient (Wildman–Crippen LogP) is 1.26. The van der Waals surface area contributed by atoms with Crippen LogP contribution in [0.2, 0.25) is 0 Å². The number of hydrogen-bond donors (Lipinski definition) is 2. The smallest absolute Gasteiger partial charge is 0.0897 e. The molecule has 0 spiro atoms. The molecule has 0 aromatic heterocycles. The van der Waals surface area contributed by atoms with Crippen molar-refractivity contribution in [3.8, 4) is 0 Å². The van der Waals surface area contributed by atoms with Crippen LogP contribution in [0, 0.1) is 0 Å². The second-order valence-corrected chi connectivity index (χ2v) is 5.23. The molecule has 3 atom stereocenters. The minimum atomic E-state index is -0.363. The van der Waals surface area contributed by atoms with Crippen molar-refractivity contribution < 1.29 is 9.84 Å². The zero-order valence-electron chi connectivity index (χ0n) is 9.74. The van der Waals surface area contributed by atoms with Crippen LogP contribution >= 0.6 is 11.8 Å². The Balaban J connectivity index is 2.04. The molecule has 90 valence electrons. The molecule has 3 nitrogen and oxygen atoms in total. The van der Waals surface area contributed by atoms with Crippen LogP contribution < -0.4 is 5.32 Å². The molecule has 0 amide bonds. The highest BCUT2D eigenvalue weighted by molar-refractivity contribution is 7.99. The normalized spacial score (nSPS) is 28.2. The Morgan fingerprint density at radius 1 is 1.53 bits per heavy atom. The predicted molar refractivity (Wildman–Crippen MR) is 65.4 cm³/mol. The Morgan fingerprint density at radius 3 is 2.93 bits per heavy atom. The van der Waals surface area contributed by atoms with Crippen molar-refractivity contribution in [2.75, 3.05) is 26.0 Å². The Morgan fingerprint density at radius 2 is 2.33 bits per heavy atom. The quantitative estimate of drug-likeness (QED) is 0.694. The van der Waals surface area contributed by atoms with Crippen LogP contribution in [0.15, 0.2) is 0 Å². The second kappa shape index (κ2) is 7.49. The summed E-state index contributed by atoms with van der Waals surface area (Å²) in [7, 11) is 0. The van der Waals surface area contributed by atoms with Crippen molar-refractivity contribution in [3.63, 3.8) is 0 Å². The Labute approximate surface area is 97.0 Å². The average Bonchev–Trinajstić information content (AvgIpc) is 2.71. The molecule has 1 aliphatic rings. The van der Waals surface area contributed by atoms with E-state index in [0.717, 1.165) is 5.25 Å². The Bertz CT molecular complexity index is 169. The lowest BCUT2D eigenvalue weighted by molar-refractivity contribution is 0.0415. The number of rotatable bonds is 7. The molecule has 0 bridgehead atoms. The molecular formula is C11H23NO2S. The number of ether oxygens (including phenoxy) is 1. The van der Waals surface area contributed by atoms with E-state index in [-0.39, 0.29) is 6.10 Å². The third-order valence-corrected chi connectivity index (χ3v) is 3.97. The number of thioether (sulfide) groups is 1. The number of aliphatic hydroxyl groups excluding tert-OH is 1. The van der Waals surface area contributed by atoms with Crippen LogP contribution in [0.25, 0.3) is 0 Å². The molecule has 3 unspecified atom stereocenters. The summed E-state index contributed by atoms with van der Waals surface area (Å²) in [5, 5.41) is 13.8. The second-order valence-electron chi connectivity index (χ2n) is 4.09. The highest BCUT2D eigenvalue weighted by atomic mass is 32.2. The highest BCUT2D eigenvalue weighted by Crippen LogP contribution is 2.27. The largest absolute Gasteiger partial charge is 0.389 e. The van der Waals surface area contributed by atoms with Gasteiger partial charge in [0.1, 0.15) is 0 Å². The zero-order chi connectivity index (χ0) is 11.1. The number of hydrogen-bond acceptors (Lipinski definition) is 4. The van der Waals surface area contributed by atoms with Crippen molar-refractivity contribution in [2.24, 2.45) is 0 Å². The summed E-state index contributed by atoms with van der Waals surface area (Å²) in [5.74, 6) is 0. The summed E-state index contributed by atoms with van der Waals surface area (Å²) in [6.07, 6.45) is 5.60. The molecule has 4 heteroatoms. The van der Waals surface area contributed by atoms with E-state index in [1.807, 2.05) is 18.7 Å². The van der Waals surface area contributed by atoms with Gasteiger partial charge in [-0.1, -0.05) is 0 Å². The minimum Gasteiger partial charge on any atom is -0.389 e. The fourth-order valence-electron chi connectivity index (χ4n) is 1.96. The number of nitrogens with one attached hydrogen (secondary N) is 1. The zero-order valence-corrected chi connectivity index (χ0v) is 10.6. The van der Waals surface area contributed by atoms with Gasteiger partial charge in [0, 0.05) is 24.4 Å². The van der Waals surface area contributed by atoms with Crippen molar-refractivity contribution in [1.82, 2.24) is 5.32 Å². The van der Waals surface area contributed by atoms with Crippen LogP contribution in [0.1, 0.15) is 26.2 Å². The standard InChI is InChI=1S/C11H23NO2S/c1-3-14-8-10(13)7-12-9-4-5-11(6-9)15-2/h9-13H,3-8H2,1-2H3. The average molecular weight is 233 g/mol. The molecule has 0 heterocycles. The maximum Gasteiger partial charge on any atom is 0.0897 e. The summed E-state index contributed by atoms with van der Waals surface area (Å²) in [6, 6.07) is 0.596. The lowest BCUT2D eigenvalue weighted by Gasteiger charge is -2.16. The van der Waals surface area contributed by atoms with Gasteiger partial charge < -0.3 is 15.2 Å². The van der Waals surface area contributed by atoms with Gasteiger partial charge in [0.2, 0.25) is 0 Å².